The Kier molecular flexibility index (Phi) is 4.23. The number of ether oxygens (including phenoxy) is 1. The van der Waals surface area contributed by atoms with Crippen molar-refractivity contribution in [2.45, 2.75) is 19.6 Å². The highest BCUT2D eigenvalue weighted by Crippen LogP contribution is 2.24. The van der Waals surface area contributed by atoms with Gasteiger partial charge in [-0.3, -0.25) is 19.3 Å². The second-order valence-electron chi connectivity index (χ2n) is 6.34. The summed E-state index contributed by atoms with van der Waals surface area (Å²) >= 11 is 0. The number of nitrogens with zero attached hydrogens (tertiary/aromatic N) is 2. The van der Waals surface area contributed by atoms with Crippen molar-refractivity contribution in [3.8, 4) is 0 Å². The van der Waals surface area contributed by atoms with Crippen LogP contribution in [0.15, 0.2) is 53.3 Å². The molecule has 1 aliphatic rings. The van der Waals surface area contributed by atoms with E-state index in [9.17, 15) is 19.2 Å². The van der Waals surface area contributed by atoms with Gasteiger partial charge in [0, 0.05) is 0 Å². The van der Waals surface area contributed by atoms with E-state index in [1.165, 1.54) is 19.1 Å². The Bertz CT molecular complexity index is 1150. The van der Waals surface area contributed by atoms with E-state index in [-0.39, 0.29) is 29.1 Å². The van der Waals surface area contributed by atoms with Crippen LogP contribution in [0.25, 0.3) is 10.9 Å². The first kappa shape index (κ1) is 17.6. The van der Waals surface area contributed by atoms with Gasteiger partial charge in [-0.25, -0.2) is 9.78 Å². The number of imide groups is 1. The molecule has 8 nitrogen and oxygen atoms in total. The van der Waals surface area contributed by atoms with Crippen LogP contribution in [0.5, 0.6) is 0 Å². The van der Waals surface area contributed by atoms with Crippen LogP contribution in [0.4, 0.5) is 0 Å². The fourth-order valence-electron chi connectivity index (χ4n) is 3.13. The lowest BCUT2D eigenvalue weighted by Crippen LogP contribution is -2.43. The second-order valence-corrected chi connectivity index (χ2v) is 6.34. The lowest BCUT2D eigenvalue weighted by molar-refractivity contribution is -0.149. The van der Waals surface area contributed by atoms with Crippen LogP contribution in [0.1, 0.15) is 33.5 Å². The summed E-state index contributed by atoms with van der Waals surface area (Å²) in [5.74, 6) is -1.68. The Balaban J connectivity index is 1.50. The number of hydrogen-bond donors (Lipinski definition) is 1. The zero-order chi connectivity index (χ0) is 19.8. The summed E-state index contributed by atoms with van der Waals surface area (Å²) in [5.41, 5.74) is 0.649. The number of amides is 2. The molecule has 4 rings (SSSR count). The molecule has 0 bridgehead atoms. The van der Waals surface area contributed by atoms with Gasteiger partial charge in [0.15, 0.2) is 0 Å². The number of esters is 1. The summed E-state index contributed by atoms with van der Waals surface area (Å²) in [6.45, 7) is 1.13. The van der Waals surface area contributed by atoms with Crippen LogP contribution in [0.2, 0.25) is 0 Å². The molecule has 8 heteroatoms. The molecule has 1 aliphatic heterocycles. The van der Waals surface area contributed by atoms with Gasteiger partial charge in [0.25, 0.3) is 17.4 Å². The highest BCUT2D eigenvalue weighted by Gasteiger charge is 2.41. The number of rotatable bonds is 4. The van der Waals surface area contributed by atoms with Gasteiger partial charge in [0.1, 0.15) is 18.5 Å². The molecule has 1 atom stereocenters. The highest BCUT2D eigenvalue weighted by molar-refractivity contribution is 6.22. The largest absolute Gasteiger partial charge is 0.456 e. The van der Waals surface area contributed by atoms with E-state index in [1.807, 2.05) is 0 Å². The number of carbonyl (C=O) groups excluding carboxylic acids is 3. The molecule has 0 saturated heterocycles. The number of benzene rings is 2. The molecule has 1 aromatic heterocycles. The third kappa shape index (κ3) is 2.84. The summed E-state index contributed by atoms with van der Waals surface area (Å²) in [4.78, 5) is 57.1. The zero-order valence-electron chi connectivity index (χ0n) is 14.8. The summed E-state index contributed by atoms with van der Waals surface area (Å²) in [7, 11) is 0. The zero-order valence-corrected chi connectivity index (χ0v) is 14.8. The van der Waals surface area contributed by atoms with Gasteiger partial charge >= 0.3 is 5.97 Å². The van der Waals surface area contributed by atoms with Crippen LogP contribution in [-0.2, 0) is 16.1 Å². The van der Waals surface area contributed by atoms with Crippen molar-refractivity contribution in [2.24, 2.45) is 0 Å². The molecule has 140 valence electrons. The minimum Gasteiger partial charge on any atom is -0.456 e. The molecule has 3 aromatic rings. The third-order valence-corrected chi connectivity index (χ3v) is 4.57. The van der Waals surface area contributed by atoms with Crippen molar-refractivity contribution < 1.29 is 19.1 Å². The van der Waals surface area contributed by atoms with Crippen LogP contribution in [-0.4, -0.2) is 38.7 Å². The Morgan fingerprint density at radius 1 is 1.04 bits per heavy atom. The molecule has 2 amide bonds. The molecule has 0 radical (unpaired) electrons. The van der Waals surface area contributed by atoms with Crippen LogP contribution >= 0.6 is 0 Å². The van der Waals surface area contributed by atoms with Crippen molar-refractivity contribution in [1.82, 2.24) is 14.9 Å². The molecule has 28 heavy (non-hydrogen) atoms. The molecule has 0 aliphatic carbocycles. The van der Waals surface area contributed by atoms with E-state index in [4.69, 9.17) is 4.74 Å². The van der Waals surface area contributed by atoms with Gasteiger partial charge in [-0.1, -0.05) is 24.3 Å². The Hall–Kier alpha value is -3.81. The first-order chi connectivity index (χ1) is 13.5. The maximum atomic E-state index is 12.5. The van der Waals surface area contributed by atoms with Crippen molar-refractivity contribution in [3.63, 3.8) is 0 Å². The van der Waals surface area contributed by atoms with Gasteiger partial charge < -0.3 is 9.72 Å². The topological polar surface area (TPSA) is 109 Å². The van der Waals surface area contributed by atoms with E-state index < -0.39 is 23.8 Å². The number of aromatic amines is 1. The van der Waals surface area contributed by atoms with E-state index >= 15 is 0 Å². The lowest BCUT2D eigenvalue weighted by Gasteiger charge is -2.20. The number of fused-ring (bicyclic) bond motifs is 2. The molecular weight excluding hydrogens is 362 g/mol. The Morgan fingerprint density at radius 2 is 1.64 bits per heavy atom. The highest BCUT2D eigenvalue weighted by atomic mass is 16.5. The Morgan fingerprint density at radius 3 is 2.32 bits per heavy atom. The van der Waals surface area contributed by atoms with Crippen LogP contribution in [0.3, 0.4) is 0 Å². The molecule has 0 fully saturated rings. The summed E-state index contributed by atoms with van der Waals surface area (Å²) in [6.07, 6.45) is 0. The van der Waals surface area contributed by atoms with E-state index in [0.717, 1.165) is 4.90 Å². The number of carbonyl (C=O) groups is 3. The van der Waals surface area contributed by atoms with Gasteiger partial charge in [0.05, 0.1) is 22.0 Å². The first-order valence-electron chi connectivity index (χ1n) is 8.59. The summed E-state index contributed by atoms with van der Waals surface area (Å²) in [6, 6.07) is 12.1. The molecule has 2 heterocycles. The third-order valence-electron chi connectivity index (χ3n) is 4.57. The molecule has 2 aromatic carbocycles. The summed E-state index contributed by atoms with van der Waals surface area (Å²) in [5, 5.41) is 0.428. The van der Waals surface area contributed by atoms with Gasteiger partial charge in [0.2, 0.25) is 0 Å². The number of hydrogen-bond acceptors (Lipinski definition) is 6. The molecule has 0 unspecified atom stereocenters. The maximum Gasteiger partial charge on any atom is 0.329 e. The Labute approximate surface area is 158 Å². The fraction of sp³-hybridized carbons (Fsp3) is 0.150. The van der Waals surface area contributed by atoms with Crippen molar-refractivity contribution >= 4 is 28.7 Å². The predicted molar refractivity (Wildman–Crippen MR) is 98.6 cm³/mol. The molecule has 0 saturated carbocycles. The average Bonchev–Trinajstić information content (AvgIpc) is 2.96. The number of nitrogens with one attached hydrogen (secondary N) is 1. The molecule has 1 N–H and O–H groups in total. The minimum absolute atomic E-state index is 0.173. The monoisotopic (exact) mass is 377 g/mol. The van der Waals surface area contributed by atoms with E-state index in [2.05, 4.69) is 9.97 Å². The minimum atomic E-state index is -1.11. The quantitative estimate of drug-likeness (QED) is 0.547. The first-order valence-corrected chi connectivity index (χ1v) is 8.59. The summed E-state index contributed by atoms with van der Waals surface area (Å²) < 4.78 is 5.18. The van der Waals surface area contributed by atoms with E-state index in [1.54, 1.807) is 36.4 Å². The second kappa shape index (κ2) is 6.73. The van der Waals surface area contributed by atoms with Crippen molar-refractivity contribution in [2.75, 3.05) is 0 Å². The van der Waals surface area contributed by atoms with Crippen molar-refractivity contribution in [3.05, 3.63) is 75.8 Å². The van der Waals surface area contributed by atoms with Gasteiger partial charge in [-0.15, -0.1) is 0 Å². The average molecular weight is 377 g/mol. The van der Waals surface area contributed by atoms with E-state index in [0.29, 0.717) is 10.9 Å². The smallest absolute Gasteiger partial charge is 0.329 e. The van der Waals surface area contributed by atoms with Crippen LogP contribution < -0.4 is 5.56 Å². The van der Waals surface area contributed by atoms with Crippen molar-refractivity contribution in [1.29, 1.82) is 0 Å². The number of H-pyrrole nitrogens is 1. The molecular formula is C20H15N3O5. The number of aromatic nitrogens is 2. The SMILES string of the molecule is C[C@H](C(=O)OCc1nc2ccccc2c(=O)[nH]1)N1C(=O)c2ccccc2C1=O. The maximum absolute atomic E-state index is 12.5. The number of para-hydroxylation sites is 1. The van der Waals surface area contributed by atoms with Crippen LogP contribution in [0, 0.1) is 0 Å². The predicted octanol–water partition coefficient (Wildman–Crippen LogP) is 1.65. The fourth-order valence-corrected chi connectivity index (χ4v) is 3.13. The standard InChI is InChI=1S/C20H15N3O5/c1-11(23-18(25)12-6-2-3-7-13(12)19(23)26)20(27)28-10-16-21-15-9-5-4-8-14(15)17(24)22-16/h2-9,11H,10H2,1H3,(H,21,22,24)/t11-/m1/s1. The normalized spacial score (nSPS) is 14.2. The van der Waals surface area contributed by atoms with Gasteiger partial charge in [-0.05, 0) is 31.2 Å². The van der Waals surface area contributed by atoms with Gasteiger partial charge in [-0.2, -0.15) is 0 Å². The lowest BCUT2D eigenvalue weighted by atomic mass is 10.1. The molecule has 0 spiro atoms.